The largest absolute Gasteiger partial charge is 0.338 e. The third-order valence-corrected chi connectivity index (χ3v) is 3.54. The maximum absolute atomic E-state index is 13.2. The van der Waals surface area contributed by atoms with Gasteiger partial charge in [-0.1, -0.05) is 11.6 Å². The summed E-state index contributed by atoms with van der Waals surface area (Å²) in [5.74, 6) is -4.58. The maximum Gasteiger partial charge on any atom is 0.237 e. The third-order valence-electron chi connectivity index (χ3n) is 3.54. The van der Waals surface area contributed by atoms with Crippen molar-refractivity contribution in [3.05, 3.63) is 35.5 Å². The summed E-state index contributed by atoms with van der Waals surface area (Å²) in [5.41, 5.74) is -0.0374. The Morgan fingerprint density at radius 2 is 1.86 bits per heavy atom. The molecule has 1 aliphatic rings. The number of Topliss-reactive ketones (excluding diaryl/α,β-unsaturated/α-hetero) is 1. The van der Waals surface area contributed by atoms with E-state index in [0.717, 1.165) is 25.0 Å². The van der Waals surface area contributed by atoms with Gasteiger partial charge in [0.05, 0.1) is 5.92 Å². The van der Waals surface area contributed by atoms with E-state index in [2.05, 4.69) is 10.1 Å². The molecule has 21 heavy (non-hydrogen) atoms. The van der Waals surface area contributed by atoms with Crippen molar-refractivity contribution >= 4 is 5.78 Å². The molecule has 1 saturated carbocycles. The van der Waals surface area contributed by atoms with Gasteiger partial charge in [0.1, 0.15) is 5.78 Å². The van der Waals surface area contributed by atoms with E-state index in [1.165, 1.54) is 0 Å². The molecule has 1 aliphatic carbocycles. The highest BCUT2D eigenvalue weighted by molar-refractivity contribution is 5.85. The van der Waals surface area contributed by atoms with Crippen LogP contribution in [0.4, 0.5) is 13.2 Å². The third kappa shape index (κ3) is 2.55. The molecule has 1 unspecified atom stereocenters. The number of hydrogen-bond donors (Lipinski definition) is 0. The van der Waals surface area contributed by atoms with Crippen LogP contribution in [0.2, 0.25) is 0 Å². The first-order chi connectivity index (χ1) is 10.1. The lowest BCUT2D eigenvalue weighted by molar-refractivity contribution is -0.122. The summed E-state index contributed by atoms with van der Waals surface area (Å²) in [7, 11) is 0. The zero-order valence-electron chi connectivity index (χ0n) is 10.9. The Bertz CT molecular complexity index is 676. The quantitative estimate of drug-likeness (QED) is 0.797. The van der Waals surface area contributed by atoms with Crippen LogP contribution in [0.5, 0.6) is 0 Å². The predicted molar refractivity (Wildman–Crippen MR) is 65.8 cm³/mol. The van der Waals surface area contributed by atoms with E-state index in [-0.39, 0.29) is 23.1 Å². The van der Waals surface area contributed by atoms with Crippen molar-refractivity contribution < 1.29 is 22.5 Å². The Balaban J connectivity index is 1.93. The zero-order chi connectivity index (χ0) is 15.0. The Morgan fingerprint density at radius 3 is 2.52 bits per heavy atom. The fraction of sp³-hybridized carbons (Fsp3) is 0.357. The fourth-order valence-electron chi connectivity index (χ4n) is 2.42. The van der Waals surface area contributed by atoms with Crippen LogP contribution in [-0.4, -0.2) is 15.9 Å². The van der Waals surface area contributed by atoms with Crippen LogP contribution < -0.4 is 0 Å². The average Bonchev–Trinajstić information content (AvgIpc) is 2.94. The van der Waals surface area contributed by atoms with Gasteiger partial charge in [-0.05, 0) is 25.0 Å². The number of aromatic nitrogens is 2. The lowest BCUT2D eigenvalue weighted by atomic mass is 9.88. The zero-order valence-corrected chi connectivity index (χ0v) is 10.9. The lowest BCUT2D eigenvalue weighted by Gasteiger charge is -2.16. The predicted octanol–water partition coefficient (Wildman–Crippen LogP) is 3.38. The summed E-state index contributed by atoms with van der Waals surface area (Å²) in [6, 6.07) is 1.57. The molecule has 0 bridgehead atoms. The summed E-state index contributed by atoms with van der Waals surface area (Å²) in [6.07, 6.45) is 2.80. The van der Waals surface area contributed by atoms with Gasteiger partial charge in [-0.15, -0.1) is 0 Å². The maximum atomic E-state index is 13.2. The van der Waals surface area contributed by atoms with Crippen molar-refractivity contribution in [3.8, 4) is 11.4 Å². The molecule has 0 N–H and O–H groups in total. The van der Waals surface area contributed by atoms with Gasteiger partial charge in [0, 0.05) is 12.0 Å². The Labute approximate surface area is 118 Å². The average molecular weight is 296 g/mol. The number of ketones is 1. The lowest BCUT2D eigenvalue weighted by Crippen LogP contribution is -2.17. The van der Waals surface area contributed by atoms with Crippen LogP contribution in [-0.2, 0) is 4.79 Å². The first kappa shape index (κ1) is 13.8. The molecule has 1 aromatic carbocycles. The Kier molecular flexibility index (Phi) is 3.48. The summed E-state index contributed by atoms with van der Waals surface area (Å²) in [5, 5.41) is 3.61. The van der Waals surface area contributed by atoms with Crippen LogP contribution in [0.15, 0.2) is 16.7 Å². The number of hydrogen-bond acceptors (Lipinski definition) is 4. The van der Waals surface area contributed by atoms with E-state index < -0.39 is 23.4 Å². The molecule has 3 rings (SSSR count). The van der Waals surface area contributed by atoms with Crippen LogP contribution in [0.3, 0.4) is 0 Å². The molecule has 1 fully saturated rings. The molecule has 4 nitrogen and oxygen atoms in total. The minimum Gasteiger partial charge on any atom is -0.338 e. The molecule has 0 saturated heterocycles. The van der Waals surface area contributed by atoms with Gasteiger partial charge < -0.3 is 4.52 Å². The van der Waals surface area contributed by atoms with Gasteiger partial charge in [-0.2, -0.15) is 4.98 Å². The van der Waals surface area contributed by atoms with E-state index in [4.69, 9.17) is 4.52 Å². The number of benzene rings is 1. The van der Waals surface area contributed by atoms with E-state index in [0.29, 0.717) is 12.8 Å². The molecule has 1 aromatic heterocycles. The number of carbonyl (C=O) groups is 1. The summed E-state index contributed by atoms with van der Waals surface area (Å²) >= 11 is 0. The van der Waals surface area contributed by atoms with Gasteiger partial charge in [0.15, 0.2) is 17.5 Å². The highest BCUT2D eigenvalue weighted by atomic mass is 19.2. The monoisotopic (exact) mass is 296 g/mol. The molecule has 0 spiro atoms. The molecule has 1 heterocycles. The van der Waals surface area contributed by atoms with Gasteiger partial charge in [-0.3, -0.25) is 4.79 Å². The van der Waals surface area contributed by atoms with E-state index in [1.807, 2.05) is 0 Å². The first-order valence-corrected chi connectivity index (χ1v) is 6.57. The fourth-order valence-corrected chi connectivity index (χ4v) is 2.42. The second-order valence-electron chi connectivity index (χ2n) is 4.97. The number of halogens is 3. The molecule has 1 atom stereocenters. The smallest absolute Gasteiger partial charge is 0.237 e. The number of rotatable bonds is 2. The molecular weight excluding hydrogens is 285 g/mol. The highest BCUT2D eigenvalue weighted by Crippen LogP contribution is 2.30. The molecule has 0 aliphatic heterocycles. The Hall–Kier alpha value is -2.18. The molecule has 110 valence electrons. The van der Waals surface area contributed by atoms with Crippen LogP contribution in [0.25, 0.3) is 11.4 Å². The van der Waals surface area contributed by atoms with Crippen molar-refractivity contribution in [1.82, 2.24) is 10.1 Å². The van der Waals surface area contributed by atoms with Gasteiger partial charge >= 0.3 is 0 Å². The standard InChI is InChI=1S/C14H11F3N2O2/c15-9-5-7(6-10(16)12(9)17)13-18-14(21-19-13)8-3-1-2-4-11(8)20/h5-6,8H,1-4H2. The second kappa shape index (κ2) is 5.31. The van der Waals surface area contributed by atoms with Gasteiger partial charge in [0.2, 0.25) is 11.7 Å². The molecular formula is C14H11F3N2O2. The molecule has 0 amide bonds. The number of nitrogens with zero attached hydrogens (tertiary/aromatic N) is 2. The van der Waals surface area contributed by atoms with Crippen molar-refractivity contribution in [2.45, 2.75) is 31.6 Å². The topological polar surface area (TPSA) is 56.0 Å². The Morgan fingerprint density at radius 1 is 1.14 bits per heavy atom. The summed E-state index contributed by atoms with van der Waals surface area (Å²) in [4.78, 5) is 15.8. The van der Waals surface area contributed by atoms with Crippen LogP contribution in [0, 0.1) is 17.5 Å². The minimum absolute atomic E-state index is 0.0212. The van der Waals surface area contributed by atoms with Crippen LogP contribution >= 0.6 is 0 Å². The van der Waals surface area contributed by atoms with Crippen LogP contribution in [0.1, 0.15) is 37.5 Å². The second-order valence-corrected chi connectivity index (χ2v) is 4.97. The van der Waals surface area contributed by atoms with Crippen molar-refractivity contribution in [1.29, 1.82) is 0 Å². The van der Waals surface area contributed by atoms with Gasteiger partial charge in [-0.25, -0.2) is 13.2 Å². The van der Waals surface area contributed by atoms with E-state index in [1.54, 1.807) is 0 Å². The SMILES string of the molecule is O=C1CCCCC1c1nc(-c2cc(F)c(F)c(F)c2)no1. The van der Waals surface area contributed by atoms with Crippen molar-refractivity contribution in [2.24, 2.45) is 0 Å². The van der Waals surface area contributed by atoms with Gasteiger partial charge in [0.25, 0.3) is 0 Å². The molecule has 2 aromatic rings. The number of carbonyl (C=O) groups excluding carboxylic acids is 1. The van der Waals surface area contributed by atoms with Crippen molar-refractivity contribution in [2.75, 3.05) is 0 Å². The summed E-state index contributed by atoms with van der Waals surface area (Å²) in [6.45, 7) is 0. The van der Waals surface area contributed by atoms with E-state index in [9.17, 15) is 18.0 Å². The molecule has 7 heteroatoms. The first-order valence-electron chi connectivity index (χ1n) is 6.57. The highest BCUT2D eigenvalue weighted by Gasteiger charge is 2.29. The summed E-state index contributed by atoms with van der Waals surface area (Å²) < 4.78 is 44.3. The minimum atomic E-state index is -1.55. The molecule has 0 radical (unpaired) electrons. The van der Waals surface area contributed by atoms with Crippen molar-refractivity contribution in [3.63, 3.8) is 0 Å². The van der Waals surface area contributed by atoms with E-state index >= 15 is 0 Å². The normalized spacial score (nSPS) is 19.0.